The Hall–Kier alpha value is -1.84. The molecule has 2 N–H and O–H groups in total. The standard InChI is InChI=1S/C8H10N4.C2H6.C2H4/c1-5-8-6(4-10-12-8)3-7(9-2)11-5;2*1-2/h3-4H,1-2H3,(H,9,11)(H,10,12);1-2H3;1-2H2. The molecule has 0 aliphatic heterocycles. The molecular formula is C12H20N4. The van der Waals surface area contributed by atoms with Gasteiger partial charge in [0.05, 0.1) is 17.4 Å². The second-order valence-corrected chi connectivity index (χ2v) is 2.68. The number of anilines is 1. The first-order valence-electron chi connectivity index (χ1n) is 5.30. The molecule has 0 saturated heterocycles. The highest BCUT2D eigenvalue weighted by molar-refractivity contribution is 5.82. The Bertz CT molecular complexity index is 420. The molecule has 0 amide bonds. The number of aryl methyl sites for hydroxylation is 1. The van der Waals surface area contributed by atoms with Gasteiger partial charge in [-0.05, 0) is 13.0 Å². The number of H-pyrrole nitrogens is 1. The van der Waals surface area contributed by atoms with Crippen LogP contribution in [0.1, 0.15) is 19.5 Å². The minimum atomic E-state index is 0.876. The van der Waals surface area contributed by atoms with Crippen LogP contribution < -0.4 is 5.32 Å². The van der Waals surface area contributed by atoms with E-state index in [0.29, 0.717) is 0 Å². The maximum atomic E-state index is 4.31. The molecule has 2 rings (SSSR count). The molecule has 0 spiro atoms. The van der Waals surface area contributed by atoms with Crippen LogP contribution in [0, 0.1) is 6.92 Å². The SMILES string of the molecule is C=C.CC.CNc1cc2cn[nH]c2c(C)n1. The summed E-state index contributed by atoms with van der Waals surface area (Å²) in [4.78, 5) is 4.31. The van der Waals surface area contributed by atoms with Gasteiger partial charge in [-0.25, -0.2) is 4.98 Å². The van der Waals surface area contributed by atoms with E-state index in [9.17, 15) is 0 Å². The topological polar surface area (TPSA) is 53.6 Å². The third-order valence-electron chi connectivity index (χ3n) is 1.87. The Labute approximate surface area is 96.8 Å². The molecule has 88 valence electrons. The Kier molecular flexibility index (Phi) is 6.59. The zero-order valence-electron chi connectivity index (χ0n) is 10.5. The lowest BCUT2D eigenvalue weighted by Crippen LogP contribution is -1.93. The molecule has 0 radical (unpaired) electrons. The number of hydrogen-bond donors (Lipinski definition) is 2. The normalized spacial score (nSPS) is 8.50. The van der Waals surface area contributed by atoms with Crippen molar-refractivity contribution in [3.8, 4) is 0 Å². The van der Waals surface area contributed by atoms with Gasteiger partial charge in [0.2, 0.25) is 0 Å². The predicted octanol–water partition coefficient (Wildman–Crippen LogP) is 3.14. The van der Waals surface area contributed by atoms with Gasteiger partial charge in [-0.15, -0.1) is 13.2 Å². The fraction of sp³-hybridized carbons (Fsp3) is 0.333. The van der Waals surface area contributed by atoms with Crippen LogP contribution in [0.2, 0.25) is 0 Å². The molecule has 2 aromatic heterocycles. The van der Waals surface area contributed by atoms with E-state index in [2.05, 4.69) is 33.7 Å². The molecular weight excluding hydrogens is 200 g/mol. The average molecular weight is 220 g/mol. The summed E-state index contributed by atoms with van der Waals surface area (Å²) in [6.45, 7) is 12.0. The highest BCUT2D eigenvalue weighted by Crippen LogP contribution is 2.16. The minimum Gasteiger partial charge on any atom is -0.373 e. The molecule has 0 atom stereocenters. The molecule has 0 aromatic carbocycles. The Morgan fingerprint density at radius 2 is 1.94 bits per heavy atom. The fourth-order valence-corrected chi connectivity index (χ4v) is 1.24. The van der Waals surface area contributed by atoms with E-state index in [1.807, 2.05) is 33.9 Å². The highest BCUT2D eigenvalue weighted by atomic mass is 15.1. The van der Waals surface area contributed by atoms with E-state index in [-0.39, 0.29) is 0 Å². The van der Waals surface area contributed by atoms with Crippen molar-refractivity contribution in [2.24, 2.45) is 0 Å². The Morgan fingerprint density at radius 3 is 2.50 bits per heavy atom. The van der Waals surface area contributed by atoms with Crippen molar-refractivity contribution in [2.75, 3.05) is 12.4 Å². The van der Waals surface area contributed by atoms with Gasteiger partial charge in [0.1, 0.15) is 5.82 Å². The quantitative estimate of drug-likeness (QED) is 0.726. The van der Waals surface area contributed by atoms with Gasteiger partial charge in [0, 0.05) is 12.4 Å². The summed E-state index contributed by atoms with van der Waals surface area (Å²) < 4.78 is 0. The van der Waals surface area contributed by atoms with Gasteiger partial charge in [0.25, 0.3) is 0 Å². The van der Waals surface area contributed by atoms with Crippen molar-refractivity contribution in [2.45, 2.75) is 20.8 Å². The molecule has 0 aliphatic carbocycles. The maximum Gasteiger partial charge on any atom is 0.126 e. The Morgan fingerprint density at radius 1 is 1.31 bits per heavy atom. The van der Waals surface area contributed by atoms with Crippen molar-refractivity contribution in [1.82, 2.24) is 15.2 Å². The molecule has 4 heteroatoms. The van der Waals surface area contributed by atoms with Gasteiger partial charge >= 0.3 is 0 Å². The van der Waals surface area contributed by atoms with Crippen molar-refractivity contribution in [1.29, 1.82) is 0 Å². The lowest BCUT2D eigenvalue weighted by molar-refractivity contribution is 1.10. The van der Waals surface area contributed by atoms with E-state index < -0.39 is 0 Å². The summed E-state index contributed by atoms with van der Waals surface area (Å²) in [5.74, 6) is 0.876. The molecule has 4 nitrogen and oxygen atoms in total. The van der Waals surface area contributed by atoms with E-state index in [0.717, 1.165) is 22.4 Å². The van der Waals surface area contributed by atoms with Crippen molar-refractivity contribution < 1.29 is 0 Å². The number of fused-ring (bicyclic) bond motifs is 1. The number of aromatic amines is 1. The van der Waals surface area contributed by atoms with Crippen LogP contribution >= 0.6 is 0 Å². The summed E-state index contributed by atoms with van der Waals surface area (Å²) in [7, 11) is 1.85. The molecule has 2 heterocycles. The number of hydrogen-bond acceptors (Lipinski definition) is 3. The van der Waals surface area contributed by atoms with Crippen LogP contribution in [-0.4, -0.2) is 22.2 Å². The third-order valence-corrected chi connectivity index (χ3v) is 1.87. The lowest BCUT2D eigenvalue weighted by atomic mass is 10.2. The van der Waals surface area contributed by atoms with Crippen molar-refractivity contribution in [3.63, 3.8) is 0 Å². The number of aromatic nitrogens is 3. The average Bonchev–Trinajstić information content (AvgIpc) is 2.83. The molecule has 2 aromatic rings. The van der Waals surface area contributed by atoms with E-state index in [1.165, 1.54) is 0 Å². The first-order chi connectivity index (χ1) is 7.81. The zero-order valence-corrected chi connectivity index (χ0v) is 10.5. The molecule has 0 fully saturated rings. The van der Waals surface area contributed by atoms with Crippen LogP contribution in [0.5, 0.6) is 0 Å². The second kappa shape index (κ2) is 7.45. The van der Waals surface area contributed by atoms with E-state index in [1.54, 1.807) is 6.20 Å². The molecule has 16 heavy (non-hydrogen) atoms. The van der Waals surface area contributed by atoms with Gasteiger partial charge in [-0.1, -0.05) is 13.8 Å². The third kappa shape index (κ3) is 3.08. The van der Waals surface area contributed by atoms with Gasteiger partial charge < -0.3 is 5.32 Å². The number of rotatable bonds is 1. The molecule has 0 unspecified atom stereocenters. The molecule has 0 bridgehead atoms. The maximum absolute atomic E-state index is 4.31. The monoisotopic (exact) mass is 220 g/mol. The number of nitrogens with one attached hydrogen (secondary N) is 2. The fourth-order valence-electron chi connectivity index (χ4n) is 1.24. The molecule has 0 aliphatic rings. The van der Waals surface area contributed by atoms with Gasteiger partial charge in [-0.2, -0.15) is 5.10 Å². The summed E-state index contributed by atoms with van der Waals surface area (Å²) >= 11 is 0. The zero-order chi connectivity index (χ0) is 12.6. The largest absolute Gasteiger partial charge is 0.373 e. The summed E-state index contributed by atoms with van der Waals surface area (Å²) in [6, 6.07) is 1.96. The highest BCUT2D eigenvalue weighted by Gasteiger charge is 2.01. The minimum absolute atomic E-state index is 0.876. The summed E-state index contributed by atoms with van der Waals surface area (Å²) in [5.41, 5.74) is 1.98. The van der Waals surface area contributed by atoms with Crippen LogP contribution in [0.4, 0.5) is 5.82 Å². The first kappa shape index (κ1) is 14.2. The molecule has 0 saturated carbocycles. The lowest BCUT2D eigenvalue weighted by Gasteiger charge is -2.00. The summed E-state index contributed by atoms with van der Waals surface area (Å²) in [6.07, 6.45) is 1.80. The van der Waals surface area contributed by atoms with Crippen molar-refractivity contribution in [3.05, 3.63) is 31.1 Å². The number of nitrogens with zero attached hydrogens (tertiary/aromatic N) is 2. The van der Waals surface area contributed by atoms with Gasteiger partial charge in [-0.3, -0.25) is 5.10 Å². The van der Waals surface area contributed by atoms with Crippen molar-refractivity contribution >= 4 is 16.7 Å². The van der Waals surface area contributed by atoms with E-state index in [4.69, 9.17) is 0 Å². The van der Waals surface area contributed by atoms with Crippen LogP contribution in [-0.2, 0) is 0 Å². The van der Waals surface area contributed by atoms with Crippen LogP contribution in [0.3, 0.4) is 0 Å². The van der Waals surface area contributed by atoms with E-state index >= 15 is 0 Å². The first-order valence-corrected chi connectivity index (χ1v) is 5.30. The predicted molar refractivity (Wildman–Crippen MR) is 70.8 cm³/mol. The van der Waals surface area contributed by atoms with Crippen LogP contribution in [0.15, 0.2) is 25.4 Å². The summed E-state index contributed by atoms with van der Waals surface area (Å²) in [5, 5.41) is 10.9. The number of pyridine rings is 1. The van der Waals surface area contributed by atoms with Crippen LogP contribution in [0.25, 0.3) is 10.9 Å². The van der Waals surface area contributed by atoms with Gasteiger partial charge in [0.15, 0.2) is 0 Å². The second-order valence-electron chi connectivity index (χ2n) is 2.68. The Balaban J connectivity index is 0.000000509. The smallest absolute Gasteiger partial charge is 0.126 e.